The number of rotatable bonds is 8. The molecule has 0 saturated carbocycles. The molecule has 184 valence electrons. The molecule has 0 amide bonds. The van der Waals surface area contributed by atoms with Crippen LogP contribution in [-0.2, 0) is 17.6 Å². The van der Waals surface area contributed by atoms with Gasteiger partial charge in [0, 0.05) is 31.7 Å². The molecule has 5 nitrogen and oxygen atoms in total. The number of hydrogen-bond donors (Lipinski definition) is 1. The van der Waals surface area contributed by atoms with Crippen LogP contribution in [0.2, 0.25) is 0 Å². The van der Waals surface area contributed by atoms with Crippen LogP contribution in [0, 0.1) is 5.82 Å². The van der Waals surface area contributed by atoms with Gasteiger partial charge < -0.3 is 24.4 Å². The highest BCUT2D eigenvalue weighted by Crippen LogP contribution is 2.37. The lowest BCUT2D eigenvalue weighted by Gasteiger charge is -2.39. The van der Waals surface area contributed by atoms with Crippen LogP contribution < -0.4 is 19.7 Å². The highest BCUT2D eigenvalue weighted by molar-refractivity contribution is 5.54. The zero-order chi connectivity index (χ0) is 24.0. The van der Waals surface area contributed by atoms with Crippen LogP contribution in [0.25, 0.3) is 0 Å². The van der Waals surface area contributed by atoms with Crippen molar-refractivity contribution in [1.29, 1.82) is 0 Å². The second kappa shape index (κ2) is 11.1. The highest BCUT2D eigenvalue weighted by Gasteiger charge is 2.28. The Morgan fingerprint density at radius 3 is 2.57 bits per heavy atom. The number of hydrogen-bond acceptors (Lipinski definition) is 5. The average Bonchev–Trinajstić information content (AvgIpc) is 2.91. The quantitative estimate of drug-likeness (QED) is 0.499. The van der Waals surface area contributed by atoms with Gasteiger partial charge in [0.05, 0.1) is 32.5 Å². The minimum atomic E-state index is -0.214. The van der Waals surface area contributed by atoms with Gasteiger partial charge in [-0.05, 0) is 78.1 Å². The van der Waals surface area contributed by atoms with Crippen LogP contribution in [0.15, 0.2) is 66.7 Å². The SMILES string of the molecule is COc1ccc2c(c1)CCN(c1ccc(F)cc1)C2Cc1ccc(OCCC2CNCCO2)cc1. The number of fused-ring (bicyclic) bond motifs is 1. The Bertz CT molecular complexity index is 1100. The zero-order valence-electron chi connectivity index (χ0n) is 20.2. The Hall–Kier alpha value is -3.09. The number of nitrogens with one attached hydrogen (secondary N) is 1. The predicted octanol–water partition coefficient (Wildman–Crippen LogP) is 4.94. The number of benzene rings is 3. The van der Waals surface area contributed by atoms with Crippen molar-refractivity contribution in [3.63, 3.8) is 0 Å². The summed E-state index contributed by atoms with van der Waals surface area (Å²) in [5.41, 5.74) is 4.88. The van der Waals surface area contributed by atoms with Crippen molar-refractivity contribution in [2.75, 3.05) is 44.9 Å². The van der Waals surface area contributed by atoms with Gasteiger partial charge in [-0.25, -0.2) is 4.39 Å². The van der Waals surface area contributed by atoms with Gasteiger partial charge in [-0.1, -0.05) is 18.2 Å². The largest absolute Gasteiger partial charge is 0.497 e. The third-order valence-corrected chi connectivity index (χ3v) is 6.93. The van der Waals surface area contributed by atoms with Gasteiger partial charge >= 0.3 is 0 Å². The van der Waals surface area contributed by atoms with Gasteiger partial charge in [0.15, 0.2) is 0 Å². The Morgan fingerprint density at radius 1 is 1.03 bits per heavy atom. The molecule has 3 aromatic carbocycles. The first-order chi connectivity index (χ1) is 17.2. The summed E-state index contributed by atoms with van der Waals surface area (Å²) in [6.07, 6.45) is 2.88. The molecule has 2 atom stereocenters. The van der Waals surface area contributed by atoms with Crippen LogP contribution in [0.5, 0.6) is 11.5 Å². The van der Waals surface area contributed by atoms with Gasteiger partial charge in [-0.2, -0.15) is 0 Å². The van der Waals surface area contributed by atoms with Crippen LogP contribution >= 0.6 is 0 Å². The van der Waals surface area contributed by atoms with Gasteiger partial charge in [0.1, 0.15) is 17.3 Å². The van der Waals surface area contributed by atoms with Crippen molar-refractivity contribution in [2.24, 2.45) is 0 Å². The number of anilines is 1. The molecule has 2 unspecified atom stereocenters. The number of nitrogens with zero attached hydrogens (tertiary/aromatic N) is 1. The number of morpholine rings is 1. The molecule has 1 saturated heterocycles. The Kier molecular flexibility index (Phi) is 7.50. The molecule has 0 bridgehead atoms. The second-order valence-corrected chi connectivity index (χ2v) is 9.18. The topological polar surface area (TPSA) is 43.0 Å². The number of ether oxygens (including phenoxy) is 3. The molecular formula is C29H33FN2O3. The minimum absolute atomic E-state index is 0.151. The van der Waals surface area contributed by atoms with Crippen molar-refractivity contribution in [3.8, 4) is 11.5 Å². The van der Waals surface area contributed by atoms with Gasteiger partial charge in [0.2, 0.25) is 0 Å². The molecule has 2 aliphatic rings. The predicted molar refractivity (Wildman–Crippen MR) is 136 cm³/mol. The molecule has 5 rings (SSSR count). The Balaban J connectivity index is 1.30. The fourth-order valence-corrected chi connectivity index (χ4v) is 5.04. The number of methoxy groups -OCH3 is 1. The van der Waals surface area contributed by atoms with Gasteiger partial charge in [-0.15, -0.1) is 0 Å². The van der Waals surface area contributed by atoms with E-state index in [0.717, 1.165) is 62.7 Å². The molecule has 0 spiro atoms. The second-order valence-electron chi connectivity index (χ2n) is 9.18. The van der Waals surface area contributed by atoms with E-state index in [0.29, 0.717) is 6.61 Å². The molecule has 3 aromatic rings. The van der Waals surface area contributed by atoms with Crippen molar-refractivity contribution >= 4 is 5.69 Å². The molecule has 0 aromatic heterocycles. The van der Waals surface area contributed by atoms with E-state index in [1.165, 1.54) is 28.8 Å². The third-order valence-electron chi connectivity index (χ3n) is 6.93. The molecule has 2 aliphatic heterocycles. The maximum atomic E-state index is 13.6. The van der Waals surface area contributed by atoms with Crippen molar-refractivity contribution in [1.82, 2.24) is 5.32 Å². The highest BCUT2D eigenvalue weighted by atomic mass is 19.1. The molecule has 0 aliphatic carbocycles. The van der Waals surface area contributed by atoms with E-state index < -0.39 is 0 Å². The van der Waals surface area contributed by atoms with Gasteiger partial charge in [0.25, 0.3) is 0 Å². The summed E-state index contributed by atoms with van der Waals surface area (Å²) in [6.45, 7) is 4.10. The van der Waals surface area contributed by atoms with E-state index in [2.05, 4.69) is 46.6 Å². The Labute approximate surface area is 206 Å². The molecular weight excluding hydrogens is 443 g/mol. The van der Waals surface area contributed by atoms with E-state index >= 15 is 0 Å². The lowest BCUT2D eigenvalue weighted by Crippen LogP contribution is -2.39. The summed E-state index contributed by atoms with van der Waals surface area (Å²) in [7, 11) is 1.70. The van der Waals surface area contributed by atoms with E-state index in [4.69, 9.17) is 14.2 Å². The van der Waals surface area contributed by atoms with E-state index in [1.807, 2.05) is 18.2 Å². The summed E-state index contributed by atoms with van der Waals surface area (Å²) >= 11 is 0. The van der Waals surface area contributed by atoms with Crippen LogP contribution in [0.1, 0.15) is 29.2 Å². The van der Waals surface area contributed by atoms with Crippen molar-refractivity contribution in [3.05, 3.63) is 89.2 Å². The smallest absolute Gasteiger partial charge is 0.123 e. The molecule has 0 radical (unpaired) electrons. The Morgan fingerprint density at radius 2 is 1.83 bits per heavy atom. The number of halogens is 1. The summed E-state index contributed by atoms with van der Waals surface area (Å²) in [6, 6.07) is 21.7. The lowest BCUT2D eigenvalue weighted by molar-refractivity contribution is 0.0159. The summed E-state index contributed by atoms with van der Waals surface area (Å²) in [5.74, 6) is 1.55. The normalized spacial score (nSPS) is 19.8. The zero-order valence-corrected chi connectivity index (χ0v) is 20.2. The lowest BCUT2D eigenvalue weighted by atomic mass is 9.88. The third kappa shape index (κ3) is 5.77. The van der Waals surface area contributed by atoms with E-state index in [1.54, 1.807) is 7.11 Å². The van der Waals surface area contributed by atoms with Crippen LogP contribution in [-0.4, -0.2) is 46.1 Å². The standard InChI is InChI=1S/C29H33FN2O3/c1-33-26-10-11-28-22(19-26)12-15-32(24-6-4-23(30)5-7-24)29(28)18-21-2-8-25(9-3-21)34-16-13-27-20-31-14-17-35-27/h2-11,19,27,29,31H,12-18,20H2,1H3. The first-order valence-corrected chi connectivity index (χ1v) is 12.4. The van der Waals surface area contributed by atoms with E-state index in [-0.39, 0.29) is 18.0 Å². The molecule has 6 heteroatoms. The summed E-state index contributed by atoms with van der Waals surface area (Å²) < 4.78 is 30.8. The summed E-state index contributed by atoms with van der Waals surface area (Å²) in [4.78, 5) is 2.39. The average molecular weight is 477 g/mol. The van der Waals surface area contributed by atoms with Crippen LogP contribution in [0.3, 0.4) is 0 Å². The first-order valence-electron chi connectivity index (χ1n) is 12.4. The first kappa shape index (κ1) is 23.6. The van der Waals surface area contributed by atoms with Crippen molar-refractivity contribution < 1.29 is 18.6 Å². The molecule has 1 N–H and O–H groups in total. The van der Waals surface area contributed by atoms with Gasteiger partial charge in [-0.3, -0.25) is 0 Å². The molecule has 2 heterocycles. The maximum absolute atomic E-state index is 13.6. The maximum Gasteiger partial charge on any atom is 0.123 e. The molecule has 35 heavy (non-hydrogen) atoms. The minimum Gasteiger partial charge on any atom is -0.497 e. The fraction of sp³-hybridized carbons (Fsp3) is 0.379. The van der Waals surface area contributed by atoms with E-state index in [9.17, 15) is 4.39 Å². The molecule has 1 fully saturated rings. The summed E-state index contributed by atoms with van der Waals surface area (Å²) in [5, 5.41) is 3.35. The fourth-order valence-electron chi connectivity index (χ4n) is 5.04. The van der Waals surface area contributed by atoms with Crippen LogP contribution in [0.4, 0.5) is 10.1 Å². The van der Waals surface area contributed by atoms with Crippen molar-refractivity contribution in [2.45, 2.75) is 31.4 Å². The monoisotopic (exact) mass is 476 g/mol.